The first kappa shape index (κ1) is 13.9. The van der Waals surface area contributed by atoms with Crippen molar-refractivity contribution in [3.63, 3.8) is 0 Å². The van der Waals surface area contributed by atoms with Crippen molar-refractivity contribution >= 4 is 17.8 Å². The van der Waals surface area contributed by atoms with Crippen LogP contribution >= 0.6 is 0 Å². The van der Waals surface area contributed by atoms with Gasteiger partial charge in [0.15, 0.2) is 11.9 Å². The molecule has 0 saturated heterocycles. The van der Waals surface area contributed by atoms with Crippen LogP contribution in [0.5, 0.6) is 0 Å². The molecule has 0 radical (unpaired) electrons. The molecular formula is C15H16O3. The Hall–Kier alpha value is -2.16. The van der Waals surface area contributed by atoms with Gasteiger partial charge >= 0.3 is 5.97 Å². The summed E-state index contributed by atoms with van der Waals surface area (Å²) in [7, 11) is 0. The Bertz CT molecular complexity index is 472. The van der Waals surface area contributed by atoms with Crippen molar-refractivity contribution in [2.45, 2.75) is 20.0 Å². The zero-order valence-corrected chi connectivity index (χ0v) is 10.6. The standard InChI is InChI=1S/C15H16O3/c1-11(2)15(17)18-12(3)14(16)10-9-13-7-5-4-6-8-13/h4-10,12H,1H2,2-3H3/b10-9+. The number of benzene rings is 1. The van der Waals surface area contributed by atoms with Crippen molar-refractivity contribution in [2.24, 2.45) is 0 Å². The van der Waals surface area contributed by atoms with Gasteiger partial charge < -0.3 is 4.74 Å². The van der Waals surface area contributed by atoms with Crippen molar-refractivity contribution in [1.29, 1.82) is 0 Å². The zero-order chi connectivity index (χ0) is 13.5. The lowest BCUT2D eigenvalue weighted by Crippen LogP contribution is -2.22. The molecule has 0 aliphatic rings. The summed E-state index contributed by atoms with van der Waals surface area (Å²) in [5.41, 5.74) is 1.20. The average molecular weight is 244 g/mol. The molecule has 3 heteroatoms. The van der Waals surface area contributed by atoms with Gasteiger partial charge in [-0.05, 0) is 25.5 Å². The number of rotatable bonds is 5. The molecule has 0 bridgehead atoms. The Morgan fingerprint density at radius 2 is 1.89 bits per heavy atom. The van der Waals surface area contributed by atoms with Crippen LogP contribution in [-0.4, -0.2) is 17.9 Å². The number of hydrogen-bond acceptors (Lipinski definition) is 3. The van der Waals surface area contributed by atoms with E-state index in [-0.39, 0.29) is 11.4 Å². The van der Waals surface area contributed by atoms with E-state index in [0.29, 0.717) is 0 Å². The van der Waals surface area contributed by atoms with E-state index in [2.05, 4.69) is 6.58 Å². The quantitative estimate of drug-likeness (QED) is 0.591. The molecule has 1 unspecified atom stereocenters. The van der Waals surface area contributed by atoms with E-state index in [4.69, 9.17) is 4.74 Å². The fourth-order valence-electron chi connectivity index (χ4n) is 1.20. The lowest BCUT2D eigenvalue weighted by atomic mass is 10.1. The maximum absolute atomic E-state index is 11.7. The van der Waals surface area contributed by atoms with Gasteiger partial charge in [0.25, 0.3) is 0 Å². The van der Waals surface area contributed by atoms with Gasteiger partial charge in [0.1, 0.15) is 0 Å². The van der Waals surface area contributed by atoms with E-state index in [1.165, 1.54) is 6.08 Å². The summed E-state index contributed by atoms with van der Waals surface area (Å²) >= 11 is 0. The number of carbonyl (C=O) groups excluding carboxylic acids is 2. The van der Waals surface area contributed by atoms with Crippen LogP contribution in [0, 0.1) is 0 Å². The van der Waals surface area contributed by atoms with E-state index in [9.17, 15) is 9.59 Å². The molecule has 1 atom stereocenters. The van der Waals surface area contributed by atoms with E-state index in [1.807, 2.05) is 30.3 Å². The summed E-state index contributed by atoms with van der Waals surface area (Å²) in [6, 6.07) is 9.43. The van der Waals surface area contributed by atoms with E-state index >= 15 is 0 Å². The molecule has 0 spiro atoms. The molecule has 0 aliphatic carbocycles. The van der Waals surface area contributed by atoms with E-state index in [1.54, 1.807) is 19.9 Å². The van der Waals surface area contributed by atoms with Gasteiger partial charge in [-0.3, -0.25) is 4.79 Å². The van der Waals surface area contributed by atoms with E-state index < -0.39 is 12.1 Å². The Labute approximate surface area is 107 Å². The third-order valence-corrected chi connectivity index (χ3v) is 2.27. The van der Waals surface area contributed by atoms with Crippen LogP contribution in [0.25, 0.3) is 6.08 Å². The SMILES string of the molecule is C=C(C)C(=O)OC(C)C(=O)/C=C/c1ccccc1. The largest absolute Gasteiger partial charge is 0.451 e. The molecule has 0 amide bonds. The van der Waals surface area contributed by atoms with Crippen LogP contribution in [-0.2, 0) is 14.3 Å². The topological polar surface area (TPSA) is 43.4 Å². The Kier molecular flexibility index (Phi) is 5.06. The molecule has 3 nitrogen and oxygen atoms in total. The summed E-state index contributed by atoms with van der Waals surface area (Å²) < 4.78 is 4.92. The normalized spacial score (nSPS) is 12.1. The number of carbonyl (C=O) groups is 2. The number of ether oxygens (including phenoxy) is 1. The molecule has 94 valence electrons. The summed E-state index contributed by atoms with van der Waals surface area (Å²) in [6.07, 6.45) is 2.30. The maximum Gasteiger partial charge on any atom is 0.333 e. The highest BCUT2D eigenvalue weighted by Crippen LogP contribution is 2.04. The Morgan fingerprint density at radius 3 is 2.44 bits per heavy atom. The van der Waals surface area contributed by atoms with Crippen LogP contribution in [0.4, 0.5) is 0 Å². The molecule has 0 aromatic heterocycles. The smallest absolute Gasteiger partial charge is 0.333 e. The molecule has 18 heavy (non-hydrogen) atoms. The molecule has 0 saturated carbocycles. The number of hydrogen-bond donors (Lipinski definition) is 0. The predicted octanol–water partition coefficient (Wildman–Crippen LogP) is 2.78. The molecule has 1 aromatic rings. The monoisotopic (exact) mass is 244 g/mol. The summed E-state index contributed by atoms with van der Waals surface area (Å²) in [5.74, 6) is -0.808. The molecule has 0 heterocycles. The van der Waals surface area contributed by atoms with Gasteiger partial charge in [0, 0.05) is 5.57 Å². The van der Waals surface area contributed by atoms with Crippen molar-refractivity contribution in [2.75, 3.05) is 0 Å². The minimum absolute atomic E-state index is 0.256. The Balaban J connectivity index is 2.58. The van der Waals surface area contributed by atoms with Crippen LogP contribution in [0.1, 0.15) is 19.4 Å². The minimum Gasteiger partial charge on any atom is -0.451 e. The third-order valence-electron chi connectivity index (χ3n) is 2.27. The van der Waals surface area contributed by atoms with Gasteiger partial charge in [-0.15, -0.1) is 0 Å². The second-order valence-electron chi connectivity index (χ2n) is 3.97. The van der Waals surface area contributed by atoms with Crippen LogP contribution < -0.4 is 0 Å². The first-order valence-corrected chi connectivity index (χ1v) is 5.64. The lowest BCUT2D eigenvalue weighted by Gasteiger charge is -2.09. The predicted molar refractivity (Wildman–Crippen MR) is 70.9 cm³/mol. The fourth-order valence-corrected chi connectivity index (χ4v) is 1.20. The van der Waals surface area contributed by atoms with Gasteiger partial charge in [0.2, 0.25) is 0 Å². The van der Waals surface area contributed by atoms with Gasteiger partial charge in [-0.2, -0.15) is 0 Å². The van der Waals surface area contributed by atoms with Crippen LogP contribution in [0.3, 0.4) is 0 Å². The van der Waals surface area contributed by atoms with E-state index in [0.717, 1.165) is 5.56 Å². The summed E-state index contributed by atoms with van der Waals surface area (Å²) in [6.45, 7) is 6.54. The number of esters is 1. The first-order valence-electron chi connectivity index (χ1n) is 5.64. The molecular weight excluding hydrogens is 228 g/mol. The van der Waals surface area contributed by atoms with Crippen molar-refractivity contribution in [3.8, 4) is 0 Å². The average Bonchev–Trinajstić information content (AvgIpc) is 2.36. The van der Waals surface area contributed by atoms with Gasteiger partial charge in [-0.1, -0.05) is 43.0 Å². The Morgan fingerprint density at radius 1 is 1.28 bits per heavy atom. The highest BCUT2D eigenvalue weighted by Gasteiger charge is 2.15. The van der Waals surface area contributed by atoms with Crippen LogP contribution in [0.2, 0.25) is 0 Å². The molecule has 0 N–H and O–H groups in total. The summed E-state index contributed by atoms with van der Waals surface area (Å²) in [4.78, 5) is 22.9. The number of ketones is 1. The highest BCUT2D eigenvalue weighted by atomic mass is 16.5. The highest BCUT2D eigenvalue weighted by molar-refractivity contribution is 5.98. The lowest BCUT2D eigenvalue weighted by molar-refractivity contribution is -0.148. The first-order chi connectivity index (χ1) is 8.50. The van der Waals surface area contributed by atoms with Gasteiger partial charge in [0.05, 0.1) is 0 Å². The van der Waals surface area contributed by atoms with Crippen molar-refractivity contribution < 1.29 is 14.3 Å². The zero-order valence-electron chi connectivity index (χ0n) is 10.6. The van der Waals surface area contributed by atoms with Gasteiger partial charge in [-0.25, -0.2) is 4.79 Å². The second kappa shape index (κ2) is 6.55. The van der Waals surface area contributed by atoms with Crippen LogP contribution in [0.15, 0.2) is 48.6 Å². The molecule has 1 rings (SSSR count). The minimum atomic E-state index is -0.797. The molecule has 0 aliphatic heterocycles. The maximum atomic E-state index is 11.7. The molecule has 1 aromatic carbocycles. The van der Waals surface area contributed by atoms with Crippen molar-refractivity contribution in [1.82, 2.24) is 0 Å². The second-order valence-corrected chi connectivity index (χ2v) is 3.97. The summed E-state index contributed by atoms with van der Waals surface area (Å²) in [5, 5.41) is 0. The molecule has 0 fully saturated rings. The third kappa shape index (κ3) is 4.37. The van der Waals surface area contributed by atoms with Crippen molar-refractivity contribution in [3.05, 3.63) is 54.1 Å². The fraction of sp³-hybridized carbons (Fsp3) is 0.200.